The van der Waals surface area contributed by atoms with E-state index in [0.717, 1.165) is 23.4 Å². The number of piperidine rings is 1. The summed E-state index contributed by atoms with van der Waals surface area (Å²) in [7, 11) is 0. The van der Waals surface area contributed by atoms with E-state index in [1.165, 1.54) is 0 Å². The first-order valence-electron chi connectivity index (χ1n) is 10.2. The number of carbonyl (C=O) groups is 2. The van der Waals surface area contributed by atoms with Crippen LogP contribution in [0.3, 0.4) is 0 Å². The smallest absolute Gasteiger partial charge is 0.272 e. The number of aromatic nitrogens is 2. The van der Waals surface area contributed by atoms with Crippen LogP contribution in [0.5, 0.6) is 0 Å². The fourth-order valence-electron chi connectivity index (χ4n) is 4.52. The van der Waals surface area contributed by atoms with Crippen LogP contribution in [-0.2, 0) is 23.2 Å². The van der Waals surface area contributed by atoms with Crippen LogP contribution >= 0.6 is 0 Å². The second-order valence-corrected chi connectivity index (χ2v) is 8.31. The SMILES string of the molecule is CCn1nc(CC(C)C)cc1C(=O)N1CCC2(CC1)C(=O)Nc1ccccc12. The molecular formula is C22H28N4O2. The van der Waals surface area contributed by atoms with Crippen molar-refractivity contribution in [1.29, 1.82) is 0 Å². The summed E-state index contributed by atoms with van der Waals surface area (Å²) in [5.74, 6) is 0.587. The van der Waals surface area contributed by atoms with Gasteiger partial charge in [0.2, 0.25) is 5.91 Å². The number of fused-ring (bicyclic) bond motifs is 2. The molecule has 0 aliphatic carbocycles. The third kappa shape index (κ3) is 3.01. The van der Waals surface area contributed by atoms with Crippen LogP contribution in [0.4, 0.5) is 5.69 Å². The van der Waals surface area contributed by atoms with Crippen molar-refractivity contribution < 1.29 is 9.59 Å². The van der Waals surface area contributed by atoms with Gasteiger partial charge in [-0.15, -0.1) is 0 Å². The summed E-state index contributed by atoms with van der Waals surface area (Å²) in [5, 5.41) is 7.62. The van der Waals surface area contributed by atoms with Gasteiger partial charge in [0.15, 0.2) is 0 Å². The maximum Gasteiger partial charge on any atom is 0.272 e. The zero-order valence-electron chi connectivity index (χ0n) is 16.9. The van der Waals surface area contributed by atoms with Gasteiger partial charge in [-0.2, -0.15) is 5.10 Å². The summed E-state index contributed by atoms with van der Waals surface area (Å²) in [5.41, 5.74) is 3.11. The minimum absolute atomic E-state index is 0.0193. The maximum absolute atomic E-state index is 13.2. The summed E-state index contributed by atoms with van der Waals surface area (Å²) in [6.07, 6.45) is 2.18. The standard InChI is InChI=1S/C22H28N4O2/c1-4-26-19(14-16(24-26)13-15(2)3)20(27)25-11-9-22(10-12-25)17-7-5-6-8-18(17)23-21(22)28/h5-8,14-15H,4,9-13H2,1-3H3,(H,23,28). The van der Waals surface area contributed by atoms with Crippen LogP contribution in [0.25, 0.3) is 0 Å². The highest BCUT2D eigenvalue weighted by Crippen LogP contribution is 2.44. The molecule has 4 rings (SSSR count). The van der Waals surface area contributed by atoms with E-state index in [4.69, 9.17) is 0 Å². The summed E-state index contributed by atoms with van der Waals surface area (Å²) in [6.45, 7) is 8.15. The van der Waals surface area contributed by atoms with Gasteiger partial charge in [0.05, 0.1) is 11.1 Å². The Bertz CT molecular complexity index is 907. The number of benzene rings is 1. The van der Waals surface area contributed by atoms with Crippen molar-refractivity contribution in [2.75, 3.05) is 18.4 Å². The molecule has 0 atom stereocenters. The topological polar surface area (TPSA) is 67.2 Å². The molecule has 1 aromatic carbocycles. The number of amides is 2. The number of para-hydroxylation sites is 1. The first-order valence-corrected chi connectivity index (χ1v) is 10.2. The Morgan fingerprint density at radius 3 is 2.64 bits per heavy atom. The minimum atomic E-state index is -0.499. The second kappa shape index (κ2) is 7.08. The Labute approximate surface area is 165 Å². The number of likely N-dealkylation sites (tertiary alicyclic amines) is 1. The van der Waals surface area contributed by atoms with Gasteiger partial charge >= 0.3 is 0 Å². The molecule has 0 unspecified atom stereocenters. The summed E-state index contributed by atoms with van der Waals surface area (Å²) in [6, 6.07) is 9.85. The number of anilines is 1. The molecule has 1 aromatic heterocycles. The van der Waals surface area contributed by atoms with Crippen molar-refractivity contribution in [2.24, 2.45) is 5.92 Å². The molecule has 1 N–H and O–H groups in total. The molecule has 6 heteroatoms. The van der Waals surface area contributed by atoms with Gasteiger partial charge in [0, 0.05) is 25.3 Å². The van der Waals surface area contributed by atoms with Crippen molar-refractivity contribution in [2.45, 2.75) is 52.0 Å². The summed E-state index contributed by atoms with van der Waals surface area (Å²) in [4.78, 5) is 27.8. The highest BCUT2D eigenvalue weighted by molar-refractivity contribution is 6.06. The van der Waals surface area contributed by atoms with Gasteiger partial charge in [-0.3, -0.25) is 14.3 Å². The molecule has 0 saturated carbocycles. The van der Waals surface area contributed by atoms with Gasteiger partial charge in [0.1, 0.15) is 5.69 Å². The van der Waals surface area contributed by atoms with Crippen LogP contribution in [0.15, 0.2) is 30.3 Å². The lowest BCUT2D eigenvalue weighted by atomic mass is 9.73. The van der Waals surface area contributed by atoms with E-state index in [0.29, 0.717) is 44.1 Å². The van der Waals surface area contributed by atoms with E-state index in [1.807, 2.05) is 46.8 Å². The Kier molecular flexibility index (Phi) is 4.73. The van der Waals surface area contributed by atoms with Crippen LogP contribution in [0.1, 0.15) is 55.4 Å². The van der Waals surface area contributed by atoms with Crippen LogP contribution in [0.2, 0.25) is 0 Å². The van der Waals surface area contributed by atoms with Crippen molar-refractivity contribution in [3.8, 4) is 0 Å². The number of rotatable bonds is 4. The van der Waals surface area contributed by atoms with E-state index in [1.54, 1.807) is 0 Å². The number of hydrogen-bond acceptors (Lipinski definition) is 3. The van der Waals surface area contributed by atoms with E-state index in [2.05, 4.69) is 24.3 Å². The van der Waals surface area contributed by atoms with E-state index >= 15 is 0 Å². The molecule has 1 saturated heterocycles. The van der Waals surface area contributed by atoms with Gasteiger partial charge < -0.3 is 10.2 Å². The van der Waals surface area contributed by atoms with Gasteiger partial charge in [0.25, 0.3) is 5.91 Å². The lowest BCUT2D eigenvalue weighted by Crippen LogP contribution is -2.48. The molecule has 6 nitrogen and oxygen atoms in total. The van der Waals surface area contributed by atoms with E-state index < -0.39 is 5.41 Å². The molecule has 2 aromatic rings. The third-order valence-corrected chi connectivity index (χ3v) is 6.00. The van der Waals surface area contributed by atoms with Crippen molar-refractivity contribution >= 4 is 17.5 Å². The molecule has 2 aliphatic rings. The fourth-order valence-corrected chi connectivity index (χ4v) is 4.52. The zero-order chi connectivity index (χ0) is 19.9. The quantitative estimate of drug-likeness (QED) is 0.886. The Morgan fingerprint density at radius 2 is 1.96 bits per heavy atom. The average molecular weight is 380 g/mol. The first-order chi connectivity index (χ1) is 13.4. The molecule has 2 amide bonds. The van der Waals surface area contributed by atoms with E-state index in [-0.39, 0.29) is 11.8 Å². The Morgan fingerprint density at radius 1 is 1.25 bits per heavy atom. The molecular weight excluding hydrogens is 352 g/mol. The van der Waals surface area contributed by atoms with Crippen molar-refractivity contribution in [1.82, 2.24) is 14.7 Å². The molecule has 3 heterocycles. The molecule has 1 fully saturated rings. The lowest BCUT2D eigenvalue weighted by Gasteiger charge is -2.38. The molecule has 148 valence electrons. The van der Waals surface area contributed by atoms with Crippen LogP contribution in [-0.4, -0.2) is 39.6 Å². The predicted molar refractivity (Wildman–Crippen MR) is 108 cm³/mol. The monoisotopic (exact) mass is 380 g/mol. The van der Waals surface area contributed by atoms with Gasteiger partial charge in [-0.25, -0.2) is 0 Å². The molecule has 28 heavy (non-hydrogen) atoms. The Hall–Kier alpha value is -2.63. The minimum Gasteiger partial charge on any atom is -0.337 e. The Balaban J connectivity index is 1.52. The molecule has 0 bridgehead atoms. The largest absolute Gasteiger partial charge is 0.337 e. The van der Waals surface area contributed by atoms with Gasteiger partial charge in [-0.1, -0.05) is 32.0 Å². The average Bonchev–Trinajstić information content (AvgIpc) is 3.21. The molecule has 1 spiro atoms. The fraction of sp³-hybridized carbons (Fsp3) is 0.500. The third-order valence-electron chi connectivity index (χ3n) is 6.00. The number of nitrogens with one attached hydrogen (secondary N) is 1. The predicted octanol–water partition coefficient (Wildman–Crippen LogP) is 3.23. The normalized spacial score (nSPS) is 17.9. The number of hydrogen-bond donors (Lipinski definition) is 1. The summed E-state index contributed by atoms with van der Waals surface area (Å²) < 4.78 is 1.81. The molecule has 2 aliphatic heterocycles. The van der Waals surface area contributed by atoms with Crippen LogP contribution < -0.4 is 5.32 Å². The van der Waals surface area contributed by atoms with E-state index in [9.17, 15) is 9.59 Å². The van der Waals surface area contributed by atoms with Crippen molar-refractivity contribution in [3.05, 3.63) is 47.3 Å². The highest BCUT2D eigenvalue weighted by Gasteiger charge is 2.48. The zero-order valence-corrected chi connectivity index (χ0v) is 16.9. The molecule has 0 radical (unpaired) electrons. The van der Waals surface area contributed by atoms with Crippen molar-refractivity contribution in [3.63, 3.8) is 0 Å². The number of aryl methyl sites for hydroxylation is 1. The maximum atomic E-state index is 13.2. The van der Waals surface area contributed by atoms with Crippen LogP contribution in [0, 0.1) is 5.92 Å². The number of carbonyl (C=O) groups excluding carboxylic acids is 2. The van der Waals surface area contributed by atoms with Gasteiger partial charge in [-0.05, 0) is 49.8 Å². The summed E-state index contributed by atoms with van der Waals surface area (Å²) >= 11 is 0. The lowest BCUT2D eigenvalue weighted by molar-refractivity contribution is -0.122. The first kappa shape index (κ1) is 18.7. The number of nitrogens with zero attached hydrogens (tertiary/aromatic N) is 3. The highest BCUT2D eigenvalue weighted by atomic mass is 16.2. The second-order valence-electron chi connectivity index (χ2n) is 8.31.